The highest BCUT2D eigenvalue weighted by atomic mass is 16.5. The van der Waals surface area contributed by atoms with Gasteiger partial charge >= 0.3 is 0 Å². The third-order valence-electron chi connectivity index (χ3n) is 8.98. The minimum absolute atomic E-state index is 0.133. The number of likely N-dealkylation sites (tertiary alicyclic amines) is 1. The van der Waals surface area contributed by atoms with Gasteiger partial charge in [0.25, 0.3) is 0 Å². The third-order valence-corrected chi connectivity index (χ3v) is 8.98. The second kappa shape index (κ2) is 5.00. The zero-order valence-corrected chi connectivity index (χ0v) is 16.0. The number of aliphatic hydroxyl groups is 2. The van der Waals surface area contributed by atoms with E-state index in [9.17, 15) is 15.3 Å². The van der Waals surface area contributed by atoms with E-state index in [1.54, 1.807) is 6.07 Å². The quantitative estimate of drug-likeness (QED) is 0.693. The molecule has 0 aromatic heterocycles. The molecule has 27 heavy (non-hydrogen) atoms. The number of hydrogen-bond donors (Lipinski definition) is 3. The molecule has 5 nitrogen and oxygen atoms in total. The summed E-state index contributed by atoms with van der Waals surface area (Å²) in [5, 5.41) is 33.5. The molecule has 5 heteroatoms. The lowest BCUT2D eigenvalue weighted by Crippen LogP contribution is -2.81. The van der Waals surface area contributed by atoms with E-state index in [-0.39, 0.29) is 11.8 Å². The molecule has 5 aliphatic rings. The van der Waals surface area contributed by atoms with Gasteiger partial charge in [0.15, 0.2) is 11.5 Å². The lowest BCUT2D eigenvalue weighted by atomic mass is 9.48. The molecule has 146 valence electrons. The summed E-state index contributed by atoms with van der Waals surface area (Å²) in [4.78, 5) is 0. The lowest BCUT2D eigenvalue weighted by molar-refractivity contribution is -0.952. The largest absolute Gasteiger partial charge is 0.504 e. The number of quaternary nitrogens is 1. The Morgan fingerprint density at radius 1 is 1.22 bits per heavy atom. The van der Waals surface area contributed by atoms with E-state index in [1.165, 1.54) is 24.8 Å². The molecule has 0 radical (unpaired) electrons. The molecule has 1 saturated heterocycles. The first-order valence-electron chi connectivity index (χ1n) is 10.7. The van der Waals surface area contributed by atoms with Crippen molar-refractivity contribution < 1.29 is 24.5 Å². The van der Waals surface area contributed by atoms with Crippen LogP contribution in [0, 0.1) is 5.92 Å². The first kappa shape index (κ1) is 16.6. The Bertz CT molecular complexity index is 823. The number of hydrogen-bond acceptors (Lipinski definition) is 4. The summed E-state index contributed by atoms with van der Waals surface area (Å²) >= 11 is 0. The number of aromatic hydroxyl groups is 1. The number of phenolic OH excluding ortho intramolecular Hbond substituents is 1. The topological polar surface area (TPSA) is 69.9 Å². The predicted molar refractivity (Wildman–Crippen MR) is 99.8 cm³/mol. The highest BCUT2D eigenvalue weighted by Crippen LogP contribution is 2.66. The number of nitrogens with zero attached hydrogens (tertiary/aromatic N) is 1. The smallest absolute Gasteiger partial charge is 0.165 e. The van der Waals surface area contributed by atoms with E-state index < -0.39 is 23.2 Å². The molecule has 2 heterocycles. The SMILES string of the molecule is C[N@@+]1(CC2CCC2)CC[C@]23c4c5ccc(O)c4OC2[C@H](O)CC[C@]3(O)[C@H]1C5. The fraction of sp³-hybridized carbons (Fsp3) is 0.727. The average Bonchev–Trinajstić information content (AvgIpc) is 2.97. The van der Waals surface area contributed by atoms with E-state index >= 15 is 0 Å². The number of ether oxygens (including phenoxy) is 1. The van der Waals surface area contributed by atoms with Gasteiger partial charge < -0.3 is 24.5 Å². The van der Waals surface area contributed by atoms with Crippen LogP contribution in [0.3, 0.4) is 0 Å². The Balaban J connectivity index is 1.55. The fourth-order valence-electron chi connectivity index (χ4n) is 7.51. The van der Waals surface area contributed by atoms with Crippen molar-refractivity contribution in [1.82, 2.24) is 0 Å². The second-order valence-corrected chi connectivity index (χ2v) is 10.1. The monoisotopic (exact) mass is 372 g/mol. The van der Waals surface area contributed by atoms with Crippen LogP contribution in [-0.2, 0) is 11.8 Å². The predicted octanol–water partition coefficient (Wildman–Crippen LogP) is 1.85. The molecule has 3 N–H and O–H groups in total. The third kappa shape index (κ3) is 1.77. The van der Waals surface area contributed by atoms with Crippen molar-refractivity contribution in [2.75, 3.05) is 20.1 Å². The van der Waals surface area contributed by atoms with Crippen molar-refractivity contribution in [2.24, 2.45) is 5.92 Å². The van der Waals surface area contributed by atoms with Crippen LogP contribution in [-0.4, -0.2) is 63.8 Å². The molecule has 2 aliphatic heterocycles. The van der Waals surface area contributed by atoms with E-state index in [0.29, 0.717) is 18.6 Å². The minimum atomic E-state index is -0.875. The van der Waals surface area contributed by atoms with Gasteiger partial charge in [-0.25, -0.2) is 0 Å². The molecule has 1 aromatic carbocycles. The van der Waals surface area contributed by atoms with E-state index in [4.69, 9.17) is 4.74 Å². The highest BCUT2D eigenvalue weighted by Gasteiger charge is 2.76. The molecule has 2 saturated carbocycles. The van der Waals surface area contributed by atoms with Gasteiger partial charge in [-0.3, -0.25) is 0 Å². The Morgan fingerprint density at radius 3 is 2.78 bits per heavy atom. The lowest BCUT2D eigenvalue weighted by Gasteiger charge is -2.65. The summed E-state index contributed by atoms with van der Waals surface area (Å²) in [7, 11) is 2.34. The van der Waals surface area contributed by atoms with Crippen molar-refractivity contribution in [3.05, 3.63) is 23.3 Å². The molecule has 3 aliphatic carbocycles. The van der Waals surface area contributed by atoms with Gasteiger partial charge in [0.05, 0.1) is 31.7 Å². The molecule has 1 unspecified atom stereocenters. The summed E-state index contributed by atoms with van der Waals surface area (Å²) in [5.41, 5.74) is 0.750. The fourth-order valence-corrected chi connectivity index (χ4v) is 7.51. The Hall–Kier alpha value is -1.30. The first-order valence-corrected chi connectivity index (χ1v) is 10.7. The van der Waals surface area contributed by atoms with Gasteiger partial charge in [-0.2, -0.15) is 0 Å². The first-order chi connectivity index (χ1) is 12.9. The van der Waals surface area contributed by atoms with Crippen molar-refractivity contribution in [2.45, 2.75) is 74.2 Å². The molecule has 6 rings (SSSR count). The summed E-state index contributed by atoms with van der Waals surface area (Å²) in [6, 6.07) is 3.88. The van der Waals surface area contributed by atoms with Crippen molar-refractivity contribution in [1.29, 1.82) is 0 Å². The zero-order valence-electron chi connectivity index (χ0n) is 16.0. The minimum Gasteiger partial charge on any atom is -0.504 e. The molecular formula is C22H30NO4+. The number of phenols is 1. The molecule has 0 amide bonds. The number of rotatable bonds is 2. The number of likely N-dealkylation sites (N-methyl/N-ethyl adjacent to an activating group) is 1. The molecule has 1 aromatic rings. The molecule has 2 bridgehead atoms. The number of benzene rings is 1. The number of piperidine rings is 1. The van der Waals surface area contributed by atoms with Crippen LogP contribution >= 0.6 is 0 Å². The van der Waals surface area contributed by atoms with Crippen LogP contribution in [0.15, 0.2) is 12.1 Å². The van der Waals surface area contributed by atoms with Gasteiger partial charge in [-0.15, -0.1) is 0 Å². The van der Waals surface area contributed by atoms with Crippen LogP contribution in [0.4, 0.5) is 0 Å². The van der Waals surface area contributed by atoms with Crippen molar-refractivity contribution in [3.63, 3.8) is 0 Å². The summed E-state index contributed by atoms with van der Waals surface area (Å²) in [6.07, 6.45) is 5.78. The molecule has 3 fully saturated rings. The Kier molecular flexibility index (Phi) is 3.08. The van der Waals surface area contributed by atoms with E-state index in [2.05, 4.69) is 7.05 Å². The maximum absolute atomic E-state index is 12.3. The summed E-state index contributed by atoms with van der Waals surface area (Å²) in [6.45, 7) is 2.15. The van der Waals surface area contributed by atoms with Crippen molar-refractivity contribution in [3.8, 4) is 11.5 Å². The van der Waals surface area contributed by atoms with E-state index in [0.717, 1.165) is 41.9 Å². The summed E-state index contributed by atoms with van der Waals surface area (Å²) in [5.74, 6) is 1.45. The Morgan fingerprint density at radius 2 is 2.04 bits per heavy atom. The summed E-state index contributed by atoms with van der Waals surface area (Å²) < 4.78 is 7.13. The molecule has 1 spiro atoms. The van der Waals surface area contributed by atoms with E-state index in [1.807, 2.05) is 6.07 Å². The zero-order chi connectivity index (χ0) is 18.6. The van der Waals surface area contributed by atoms with Crippen molar-refractivity contribution >= 4 is 0 Å². The molecule has 6 atom stereocenters. The Labute approximate surface area is 160 Å². The van der Waals surface area contributed by atoms with Crippen LogP contribution < -0.4 is 4.74 Å². The van der Waals surface area contributed by atoms with Gasteiger partial charge in [0.2, 0.25) is 0 Å². The normalized spacial score (nSPS) is 47.1. The average molecular weight is 372 g/mol. The highest BCUT2D eigenvalue weighted by molar-refractivity contribution is 5.62. The standard InChI is InChI=1S/C22H29NO4/c1-23(12-13-3-2-4-13)10-9-21-18-14-5-6-15(24)19(18)27-20(21)16(25)7-8-22(21,26)17(23)11-14/h5-6,13,16-17,20,25-26H,2-4,7-12H2,1H3/p+1/t16-,17-,20?,21+,22+,23+/m1/s1. The van der Waals surface area contributed by atoms with Crippen LogP contribution in [0.5, 0.6) is 11.5 Å². The maximum Gasteiger partial charge on any atom is 0.165 e. The van der Waals surface area contributed by atoms with Gasteiger partial charge in [-0.1, -0.05) is 12.5 Å². The van der Waals surface area contributed by atoms with Crippen LogP contribution in [0.2, 0.25) is 0 Å². The van der Waals surface area contributed by atoms with Gasteiger partial charge in [0, 0.05) is 24.3 Å². The molecular weight excluding hydrogens is 342 g/mol. The van der Waals surface area contributed by atoms with Gasteiger partial charge in [-0.05, 0) is 37.3 Å². The second-order valence-electron chi connectivity index (χ2n) is 10.1. The van der Waals surface area contributed by atoms with Crippen LogP contribution in [0.1, 0.15) is 49.7 Å². The van der Waals surface area contributed by atoms with Crippen LogP contribution in [0.25, 0.3) is 0 Å². The number of aliphatic hydroxyl groups excluding tert-OH is 1. The van der Waals surface area contributed by atoms with Gasteiger partial charge in [0.1, 0.15) is 17.7 Å². The maximum atomic E-state index is 12.3.